The lowest BCUT2D eigenvalue weighted by Gasteiger charge is -2.34. The molecular formula is C34H54N4O6S. The number of terminal acetylenes is 1. The third kappa shape index (κ3) is 12.0. The largest absolute Gasteiger partial charge is 0.390 e. The first kappa shape index (κ1) is 37.0. The maximum atomic E-state index is 13.8. The lowest BCUT2D eigenvalue weighted by atomic mass is 9.82. The van der Waals surface area contributed by atoms with Crippen molar-refractivity contribution >= 4 is 21.8 Å². The van der Waals surface area contributed by atoms with Gasteiger partial charge in [-0.25, -0.2) is 8.42 Å². The molecule has 1 aromatic carbocycles. The van der Waals surface area contributed by atoms with Crippen LogP contribution in [0.5, 0.6) is 0 Å². The fraction of sp³-hybridized carbons (Fsp3) is 0.706. The minimum atomic E-state index is -3.76. The molecular weight excluding hydrogens is 592 g/mol. The standard InChI is InChI=1S/C34H54N4O6S/c1-5-12-29(34(42)36-30(23-27-15-10-7-11-16-27)32(40)31(39)21-25(2)3)35-33(41)28(22-26-13-8-6-9-14-26)24-45(43,44)38-19-17-37(4)18-20-38/h1,6,8-9,13-14,25,27-32,39-40H,7,10-12,15-24H2,2-4H3,(H,35,41)(H,36,42)/t28-,29+,30+,31+,32-/m1/s1. The minimum Gasteiger partial charge on any atom is -0.390 e. The fourth-order valence-corrected chi connectivity index (χ4v) is 8.12. The zero-order valence-electron chi connectivity index (χ0n) is 27.2. The van der Waals surface area contributed by atoms with E-state index in [1.165, 1.54) is 4.31 Å². The molecule has 1 heterocycles. The Morgan fingerprint density at radius 2 is 1.64 bits per heavy atom. The fourth-order valence-electron chi connectivity index (χ4n) is 6.41. The molecule has 1 aliphatic carbocycles. The molecule has 0 aromatic heterocycles. The molecule has 252 valence electrons. The van der Waals surface area contributed by atoms with Crippen LogP contribution >= 0.6 is 0 Å². The molecule has 0 radical (unpaired) electrons. The molecule has 0 spiro atoms. The summed E-state index contributed by atoms with van der Waals surface area (Å²) in [6.45, 7) is 5.84. The lowest BCUT2D eigenvalue weighted by molar-refractivity contribution is -0.132. The normalized spacial score (nSPS) is 20.5. The number of aliphatic hydroxyl groups is 2. The van der Waals surface area contributed by atoms with E-state index in [0.717, 1.165) is 37.7 Å². The summed E-state index contributed by atoms with van der Waals surface area (Å²) < 4.78 is 28.3. The highest BCUT2D eigenvalue weighted by atomic mass is 32.2. The predicted molar refractivity (Wildman–Crippen MR) is 176 cm³/mol. The van der Waals surface area contributed by atoms with Crippen molar-refractivity contribution in [3.05, 3.63) is 35.9 Å². The number of sulfonamides is 1. The molecule has 5 atom stereocenters. The van der Waals surface area contributed by atoms with E-state index in [4.69, 9.17) is 6.42 Å². The van der Waals surface area contributed by atoms with Gasteiger partial charge in [-0.3, -0.25) is 9.59 Å². The van der Waals surface area contributed by atoms with Crippen LogP contribution in [0.1, 0.15) is 70.8 Å². The molecule has 2 amide bonds. The number of piperazine rings is 1. The summed E-state index contributed by atoms with van der Waals surface area (Å²) >= 11 is 0. The second-order valence-corrected chi connectivity index (χ2v) is 15.4. The molecule has 45 heavy (non-hydrogen) atoms. The monoisotopic (exact) mass is 646 g/mol. The molecule has 2 aliphatic rings. The van der Waals surface area contributed by atoms with Crippen molar-refractivity contribution in [1.29, 1.82) is 0 Å². The average molecular weight is 647 g/mol. The van der Waals surface area contributed by atoms with E-state index in [1.807, 2.05) is 51.2 Å². The van der Waals surface area contributed by atoms with Crippen LogP contribution in [-0.4, -0.2) is 103 Å². The first-order valence-electron chi connectivity index (χ1n) is 16.5. The van der Waals surface area contributed by atoms with Crippen LogP contribution < -0.4 is 10.6 Å². The molecule has 0 unspecified atom stereocenters. The van der Waals surface area contributed by atoms with Gasteiger partial charge in [0.05, 0.1) is 23.8 Å². The van der Waals surface area contributed by atoms with Crippen LogP contribution in [0.3, 0.4) is 0 Å². The van der Waals surface area contributed by atoms with Gasteiger partial charge in [0.25, 0.3) is 0 Å². The molecule has 11 heteroatoms. The number of aliphatic hydroxyl groups excluding tert-OH is 2. The predicted octanol–water partition coefficient (Wildman–Crippen LogP) is 2.15. The van der Waals surface area contributed by atoms with Gasteiger partial charge in [-0.05, 0) is 43.7 Å². The van der Waals surface area contributed by atoms with Gasteiger partial charge in [-0.2, -0.15) is 4.31 Å². The van der Waals surface area contributed by atoms with Crippen LogP contribution in [0.4, 0.5) is 0 Å². The van der Waals surface area contributed by atoms with Gasteiger partial charge in [-0.1, -0.05) is 76.3 Å². The summed E-state index contributed by atoms with van der Waals surface area (Å²) in [6.07, 6.45) is 9.71. The highest BCUT2D eigenvalue weighted by Crippen LogP contribution is 2.29. The van der Waals surface area contributed by atoms with Crippen molar-refractivity contribution in [3.63, 3.8) is 0 Å². The zero-order chi connectivity index (χ0) is 33.0. The van der Waals surface area contributed by atoms with Crippen molar-refractivity contribution in [2.75, 3.05) is 39.0 Å². The van der Waals surface area contributed by atoms with Gasteiger partial charge in [0.15, 0.2) is 0 Å². The first-order valence-corrected chi connectivity index (χ1v) is 18.1. The summed E-state index contributed by atoms with van der Waals surface area (Å²) in [5.41, 5.74) is 0.805. The van der Waals surface area contributed by atoms with Gasteiger partial charge < -0.3 is 25.7 Å². The van der Waals surface area contributed by atoms with E-state index in [2.05, 4.69) is 21.5 Å². The van der Waals surface area contributed by atoms with E-state index in [9.17, 15) is 28.2 Å². The third-order valence-corrected chi connectivity index (χ3v) is 11.1. The number of likely N-dealkylation sites (N-methyl/N-ethyl adjacent to an activating group) is 1. The first-order chi connectivity index (χ1) is 21.4. The highest BCUT2D eigenvalue weighted by molar-refractivity contribution is 7.89. The van der Waals surface area contributed by atoms with Crippen molar-refractivity contribution in [3.8, 4) is 12.3 Å². The lowest BCUT2D eigenvalue weighted by Crippen LogP contribution is -2.56. The number of hydrogen-bond donors (Lipinski definition) is 4. The van der Waals surface area contributed by atoms with Crippen molar-refractivity contribution in [2.24, 2.45) is 17.8 Å². The van der Waals surface area contributed by atoms with Crippen molar-refractivity contribution in [2.45, 2.75) is 95.9 Å². The number of amides is 2. The zero-order valence-corrected chi connectivity index (χ0v) is 28.1. The Bertz CT molecular complexity index is 1210. The smallest absolute Gasteiger partial charge is 0.243 e. The maximum absolute atomic E-state index is 13.8. The highest BCUT2D eigenvalue weighted by Gasteiger charge is 2.36. The Morgan fingerprint density at radius 3 is 2.24 bits per heavy atom. The molecule has 0 bridgehead atoms. The van der Waals surface area contributed by atoms with Gasteiger partial charge >= 0.3 is 0 Å². The topological polar surface area (TPSA) is 139 Å². The van der Waals surface area contributed by atoms with Crippen LogP contribution in [0.25, 0.3) is 0 Å². The van der Waals surface area contributed by atoms with E-state index in [1.54, 1.807) is 0 Å². The summed E-state index contributed by atoms with van der Waals surface area (Å²) in [6, 6.07) is 7.35. The van der Waals surface area contributed by atoms with E-state index in [0.29, 0.717) is 44.9 Å². The van der Waals surface area contributed by atoms with Gasteiger partial charge in [-0.15, -0.1) is 12.3 Å². The summed E-state index contributed by atoms with van der Waals surface area (Å²) in [5.74, 6) is 0.434. The number of nitrogens with one attached hydrogen (secondary N) is 2. The molecule has 3 rings (SSSR count). The SMILES string of the molecule is C#CC[C@H](NC(=O)[C@H](Cc1ccccc1)CS(=O)(=O)N1CCN(C)CC1)C(=O)N[C@@H](CC1CCCCC1)[C@@H](O)[C@@H](O)CC(C)C. The molecule has 10 nitrogen and oxygen atoms in total. The minimum absolute atomic E-state index is 0.109. The third-order valence-electron chi connectivity index (χ3n) is 9.08. The molecule has 4 N–H and O–H groups in total. The molecule has 1 aromatic rings. The average Bonchev–Trinajstić information content (AvgIpc) is 3.00. The Labute approximate surface area is 270 Å². The molecule has 1 aliphatic heterocycles. The van der Waals surface area contributed by atoms with Gasteiger partial charge in [0.2, 0.25) is 21.8 Å². The van der Waals surface area contributed by atoms with Crippen LogP contribution in [0, 0.1) is 30.1 Å². The van der Waals surface area contributed by atoms with Crippen LogP contribution in [0.15, 0.2) is 30.3 Å². The van der Waals surface area contributed by atoms with E-state index >= 15 is 0 Å². The van der Waals surface area contributed by atoms with Crippen LogP contribution in [0.2, 0.25) is 0 Å². The second kappa shape index (κ2) is 18.0. The molecule has 1 saturated heterocycles. The second-order valence-electron chi connectivity index (χ2n) is 13.4. The quantitative estimate of drug-likeness (QED) is 0.202. The number of nitrogens with zero attached hydrogens (tertiary/aromatic N) is 2. The summed E-state index contributed by atoms with van der Waals surface area (Å²) in [7, 11) is -1.82. The number of benzene rings is 1. The molecule has 1 saturated carbocycles. The Kier molecular flexibility index (Phi) is 14.8. The number of carbonyl (C=O) groups is 2. The number of rotatable bonds is 16. The van der Waals surface area contributed by atoms with E-state index < -0.39 is 57.8 Å². The van der Waals surface area contributed by atoms with Crippen molar-refractivity contribution < 1.29 is 28.2 Å². The van der Waals surface area contributed by atoms with Crippen molar-refractivity contribution in [1.82, 2.24) is 19.8 Å². The van der Waals surface area contributed by atoms with Crippen LogP contribution in [-0.2, 0) is 26.0 Å². The van der Waals surface area contributed by atoms with Gasteiger partial charge in [0.1, 0.15) is 12.1 Å². The Morgan fingerprint density at radius 1 is 1.00 bits per heavy atom. The maximum Gasteiger partial charge on any atom is 0.243 e. The van der Waals surface area contributed by atoms with E-state index in [-0.39, 0.29) is 18.8 Å². The molecule has 2 fully saturated rings. The number of carbonyl (C=O) groups excluding carboxylic acids is 2. The number of hydrogen-bond acceptors (Lipinski definition) is 7. The summed E-state index contributed by atoms with van der Waals surface area (Å²) in [4.78, 5) is 29.5. The Balaban J connectivity index is 1.78. The Hall–Kier alpha value is -2.49. The van der Waals surface area contributed by atoms with Gasteiger partial charge in [0, 0.05) is 32.6 Å². The summed E-state index contributed by atoms with van der Waals surface area (Å²) in [5, 5.41) is 27.6.